The molecule has 0 radical (unpaired) electrons. The van der Waals surface area contributed by atoms with Crippen molar-refractivity contribution in [2.24, 2.45) is 12.8 Å². The highest BCUT2D eigenvalue weighted by Crippen LogP contribution is 2.12. The van der Waals surface area contributed by atoms with Gasteiger partial charge in [-0.1, -0.05) is 0 Å². The van der Waals surface area contributed by atoms with E-state index in [0.717, 1.165) is 11.6 Å². The molecule has 13 heavy (non-hydrogen) atoms. The molecule has 2 N–H and O–H groups in total. The molecule has 0 spiro atoms. The summed E-state index contributed by atoms with van der Waals surface area (Å²) in [5, 5.41) is 4.29. The van der Waals surface area contributed by atoms with Gasteiger partial charge in [0, 0.05) is 13.6 Å². The number of hydrogen-bond acceptors (Lipinski definition) is 4. The van der Waals surface area contributed by atoms with Gasteiger partial charge in [-0.3, -0.25) is 9.58 Å². The molecule has 0 aliphatic heterocycles. The van der Waals surface area contributed by atoms with Crippen LogP contribution in [0.5, 0.6) is 0 Å². The Morgan fingerprint density at radius 1 is 1.54 bits per heavy atom. The number of aromatic nitrogens is 3. The molecule has 1 rings (SSSR count). The zero-order chi connectivity index (χ0) is 10.0. The minimum Gasteiger partial charge on any atom is -0.328 e. The Balaban J connectivity index is 2.92. The number of nitrogens with two attached hydrogens (primary N) is 1. The molecule has 1 heterocycles. The second-order valence-corrected chi connectivity index (χ2v) is 3.36. The molecule has 0 amide bonds. The fourth-order valence-corrected chi connectivity index (χ4v) is 1.17. The quantitative estimate of drug-likeness (QED) is 0.698. The minimum absolute atomic E-state index is 0.111. The van der Waals surface area contributed by atoms with Gasteiger partial charge in [0.1, 0.15) is 5.82 Å². The maximum absolute atomic E-state index is 5.63. The van der Waals surface area contributed by atoms with Gasteiger partial charge in [0.25, 0.3) is 0 Å². The molecule has 0 saturated heterocycles. The summed E-state index contributed by atoms with van der Waals surface area (Å²) in [5.41, 5.74) is 5.63. The van der Waals surface area contributed by atoms with Gasteiger partial charge in [-0.15, -0.1) is 0 Å². The fraction of sp³-hybridized carbons (Fsp3) is 0.750. The van der Waals surface area contributed by atoms with Crippen LogP contribution in [0.25, 0.3) is 0 Å². The van der Waals surface area contributed by atoms with Gasteiger partial charge in [0.2, 0.25) is 0 Å². The van der Waals surface area contributed by atoms with E-state index in [2.05, 4.69) is 10.1 Å². The number of rotatable bonds is 3. The highest BCUT2D eigenvalue weighted by atomic mass is 15.3. The summed E-state index contributed by atoms with van der Waals surface area (Å²) < 4.78 is 1.77. The highest BCUT2D eigenvalue weighted by Gasteiger charge is 2.17. The summed E-state index contributed by atoms with van der Waals surface area (Å²) in [6.45, 7) is 2.47. The molecule has 1 unspecified atom stereocenters. The first kappa shape index (κ1) is 10.1. The Morgan fingerprint density at radius 3 is 2.46 bits per heavy atom. The molecular formula is C8H17N5. The van der Waals surface area contributed by atoms with Gasteiger partial charge in [-0.2, -0.15) is 5.10 Å². The van der Waals surface area contributed by atoms with Crippen LogP contribution in [0.2, 0.25) is 0 Å². The molecule has 1 atom stereocenters. The first-order valence-electron chi connectivity index (χ1n) is 4.30. The predicted molar refractivity (Wildman–Crippen MR) is 51.2 cm³/mol. The van der Waals surface area contributed by atoms with E-state index in [1.165, 1.54) is 0 Å². The summed E-state index contributed by atoms with van der Waals surface area (Å²) in [4.78, 5) is 6.36. The zero-order valence-electron chi connectivity index (χ0n) is 8.65. The number of nitrogens with zero attached hydrogens (tertiary/aromatic N) is 4. The Bertz CT molecular complexity index is 259. The second kappa shape index (κ2) is 3.85. The van der Waals surface area contributed by atoms with Crippen LogP contribution < -0.4 is 5.73 Å². The SMILES string of the molecule is Cc1nc(C(CN)N(C)C)nn1C. The largest absolute Gasteiger partial charge is 0.328 e. The third kappa shape index (κ3) is 2.05. The second-order valence-electron chi connectivity index (χ2n) is 3.36. The van der Waals surface area contributed by atoms with E-state index in [-0.39, 0.29) is 6.04 Å². The van der Waals surface area contributed by atoms with Crippen molar-refractivity contribution in [3.8, 4) is 0 Å². The van der Waals surface area contributed by atoms with E-state index in [1.54, 1.807) is 4.68 Å². The van der Waals surface area contributed by atoms with Crippen LogP contribution in [-0.4, -0.2) is 40.3 Å². The lowest BCUT2D eigenvalue weighted by Crippen LogP contribution is -2.28. The third-order valence-corrected chi connectivity index (χ3v) is 2.14. The summed E-state index contributed by atoms with van der Waals surface area (Å²) in [5.74, 6) is 1.71. The monoisotopic (exact) mass is 183 g/mol. The van der Waals surface area contributed by atoms with Gasteiger partial charge in [0.05, 0.1) is 6.04 Å². The van der Waals surface area contributed by atoms with Crippen molar-refractivity contribution < 1.29 is 0 Å². The molecule has 74 valence electrons. The van der Waals surface area contributed by atoms with Crippen LogP contribution >= 0.6 is 0 Å². The van der Waals surface area contributed by atoms with E-state index in [9.17, 15) is 0 Å². The lowest BCUT2D eigenvalue weighted by molar-refractivity contribution is 0.293. The van der Waals surface area contributed by atoms with Crippen molar-refractivity contribution in [3.05, 3.63) is 11.6 Å². The van der Waals surface area contributed by atoms with Crippen LogP contribution in [-0.2, 0) is 7.05 Å². The number of aryl methyl sites for hydroxylation is 2. The Labute approximate surface area is 78.5 Å². The van der Waals surface area contributed by atoms with Crippen molar-refractivity contribution in [2.45, 2.75) is 13.0 Å². The Hall–Kier alpha value is -0.940. The Morgan fingerprint density at radius 2 is 2.15 bits per heavy atom. The van der Waals surface area contributed by atoms with Crippen molar-refractivity contribution in [1.82, 2.24) is 19.7 Å². The molecule has 5 nitrogen and oxygen atoms in total. The van der Waals surface area contributed by atoms with E-state index in [4.69, 9.17) is 5.73 Å². The summed E-state index contributed by atoms with van der Waals surface area (Å²) >= 11 is 0. The van der Waals surface area contributed by atoms with Crippen LogP contribution in [0, 0.1) is 6.92 Å². The van der Waals surface area contributed by atoms with E-state index in [0.29, 0.717) is 6.54 Å². The van der Waals surface area contributed by atoms with Crippen molar-refractivity contribution >= 4 is 0 Å². The normalized spacial score (nSPS) is 13.7. The molecule has 1 aromatic rings. The highest BCUT2D eigenvalue weighted by molar-refractivity contribution is 4.97. The lowest BCUT2D eigenvalue weighted by Gasteiger charge is -2.18. The molecular weight excluding hydrogens is 166 g/mol. The van der Waals surface area contributed by atoms with Crippen LogP contribution in [0.15, 0.2) is 0 Å². The molecule has 0 saturated carbocycles. The van der Waals surface area contributed by atoms with Crippen LogP contribution in [0.4, 0.5) is 0 Å². The maximum Gasteiger partial charge on any atom is 0.169 e. The average Bonchev–Trinajstić information content (AvgIpc) is 2.32. The molecule has 0 aromatic carbocycles. The van der Waals surface area contributed by atoms with Crippen molar-refractivity contribution in [3.63, 3.8) is 0 Å². The molecule has 0 bridgehead atoms. The van der Waals surface area contributed by atoms with Gasteiger partial charge in [0.15, 0.2) is 5.82 Å². The first-order chi connectivity index (χ1) is 6.06. The van der Waals surface area contributed by atoms with Gasteiger partial charge >= 0.3 is 0 Å². The maximum atomic E-state index is 5.63. The van der Waals surface area contributed by atoms with Crippen LogP contribution in [0.1, 0.15) is 17.7 Å². The van der Waals surface area contributed by atoms with E-state index >= 15 is 0 Å². The predicted octanol–water partition coefficient (Wildman–Crippen LogP) is -0.315. The van der Waals surface area contributed by atoms with Gasteiger partial charge in [-0.25, -0.2) is 4.98 Å². The first-order valence-corrected chi connectivity index (χ1v) is 4.30. The van der Waals surface area contributed by atoms with Crippen molar-refractivity contribution in [2.75, 3.05) is 20.6 Å². The van der Waals surface area contributed by atoms with Crippen molar-refractivity contribution in [1.29, 1.82) is 0 Å². The summed E-state index contributed by atoms with van der Waals surface area (Å²) in [7, 11) is 5.83. The summed E-state index contributed by atoms with van der Waals surface area (Å²) in [6, 6.07) is 0.111. The fourth-order valence-electron chi connectivity index (χ4n) is 1.17. The molecule has 0 fully saturated rings. The molecule has 0 aliphatic carbocycles. The smallest absolute Gasteiger partial charge is 0.169 e. The minimum atomic E-state index is 0.111. The topological polar surface area (TPSA) is 60.0 Å². The molecule has 5 heteroatoms. The number of hydrogen-bond donors (Lipinski definition) is 1. The molecule has 0 aliphatic rings. The van der Waals surface area contributed by atoms with E-state index in [1.807, 2.05) is 33.0 Å². The van der Waals surface area contributed by atoms with E-state index < -0.39 is 0 Å². The Kier molecular flexibility index (Phi) is 3.00. The lowest BCUT2D eigenvalue weighted by atomic mass is 10.2. The van der Waals surface area contributed by atoms with Gasteiger partial charge in [-0.05, 0) is 21.0 Å². The third-order valence-electron chi connectivity index (χ3n) is 2.14. The molecule has 1 aromatic heterocycles. The number of likely N-dealkylation sites (N-methyl/N-ethyl adjacent to an activating group) is 1. The average molecular weight is 183 g/mol. The van der Waals surface area contributed by atoms with Crippen LogP contribution in [0.3, 0.4) is 0 Å². The van der Waals surface area contributed by atoms with Gasteiger partial charge < -0.3 is 5.73 Å². The summed E-state index contributed by atoms with van der Waals surface area (Å²) in [6.07, 6.45) is 0. The standard InChI is InChI=1S/C8H17N5/c1-6-10-8(11-13(6)4)7(5-9)12(2)3/h7H,5,9H2,1-4H3. The zero-order valence-corrected chi connectivity index (χ0v) is 8.65.